The van der Waals surface area contributed by atoms with Crippen LogP contribution in [0.25, 0.3) is 0 Å². The van der Waals surface area contributed by atoms with Crippen LogP contribution >= 0.6 is 22.9 Å². The van der Waals surface area contributed by atoms with Crippen molar-refractivity contribution >= 4 is 28.9 Å². The third kappa shape index (κ3) is 2.17. The highest BCUT2D eigenvalue weighted by Crippen LogP contribution is 2.19. The number of aliphatic carboxylic acids is 1. The second-order valence-corrected chi connectivity index (χ2v) is 3.51. The standard InChI is InChI=1S/C6H7ClN2O2S/c7-5-4(12-2-9-5)1-3(8)6(10)11/h2-3H,1,8H2,(H,10,11)/t3-/m1/s1. The molecule has 1 heterocycles. The van der Waals surface area contributed by atoms with Gasteiger partial charge < -0.3 is 10.8 Å². The molecule has 0 aliphatic heterocycles. The zero-order valence-electron chi connectivity index (χ0n) is 6.03. The number of carbonyl (C=O) groups is 1. The minimum absolute atomic E-state index is 0.235. The van der Waals surface area contributed by atoms with Crippen LogP contribution in [0.5, 0.6) is 0 Å². The van der Waals surface area contributed by atoms with Crippen molar-refractivity contribution in [2.45, 2.75) is 12.5 Å². The lowest BCUT2D eigenvalue weighted by Gasteiger charge is -2.02. The van der Waals surface area contributed by atoms with Crippen LogP contribution in [0, 0.1) is 0 Å². The van der Waals surface area contributed by atoms with E-state index < -0.39 is 12.0 Å². The van der Waals surface area contributed by atoms with Crippen LogP contribution < -0.4 is 5.73 Å². The molecule has 1 aromatic heterocycles. The number of rotatable bonds is 3. The Bertz CT molecular complexity index is 289. The van der Waals surface area contributed by atoms with Crippen LogP contribution in [0.3, 0.4) is 0 Å². The van der Waals surface area contributed by atoms with Gasteiger partial charge in [-0.05, 0) is 0 Å². The smallest absolute Gasteiger partial charge is 0.320 e. The van der Waals surface area contributed by atoms with E-state index in [0.29, 0.717) is 10.0 Å². The molecular formula is C6H7ClN2O2S. The Morgan fingerprint density at radius 3 is 3.00 bits per heavy atom. The molecule has 0 spiro atoms. The third-order valence-electron chi connectivity index (χ3n) is 1.31. The van der Waals surface area contributed by atoms with Crippen molar-refractivity contribution in [3.05, 3.63) is 15.5 Å². The molecule has 0 saturated heterocycles. The van der Waals surface area contributed by atoms with Crippen molar-refractivity contribution in [3.63, 3.8) is 0 Å². The van der Waals surface area contributed by atoms with Crippen LogP contribution in [0.15, 0.2) is 5.51 Å². The molecule has 0 unspecified atom stereocenters. The quantitative estimate of drug-likeness (QED) is 0.765. The Hall–Kier alpha value is -0.650. The van der Waals surface area contributed by atoms with Crippen molar-refractivity contribution in [2.75, 3.05) is 0 Å². The maximum absolute atomic E-state index is 10.4. The number of nitrogens with zero attached hydrogens (tertiary/aromatic N) is 1. The van der Waals surface area contributed by atoms with E-state index in [1.165, 1.54) is 11.3 Å². The first-order chi connectivity index (χ1) is 5.61. The molecule has 4 nitrogen and oxygen atoms in total. The van der Waals surface area contributed by atoms with Crippen molar-refractivity contribution in [3.8, 4) is 0 Å². The summed E-state index contributed by atoms with van der Waals surface area (Å²) in [7, 11) is 0. The summed E-state index contributed by atoms with van der Waals surface area (Å²) < 4.78 is 0. The van der Waals surface area contributed by atoms with Crippen molar-refractivity contribution in [2.24, 2.45) is 5.73 Å². The lowest BCUT2D eigenvalue weighted by molar-refractivity contribution is -0.138. The number of thiazole rings is 1. The largest absolute Gasteiger partial charge is 0.480 e. The van der Waals surface area contributed by atoms with Crippen molar-refractivity contribution < 1.29 is 9.90 Å². The maximum Gasteiger partial charge on any atom is 0.320 e. The van der Waals surface area contributed by atoms with Gasteiger partial charge in [-0.15, -0.1) is 11.3 Å². The van der Waals surface area contributed by atoms with Gasteiger partial charge in [0.2, 0.25) is 0 Å². The molecule has 0 amide bonds. The molecule has 12 heavy (non-hydrogen) atoms. The minimum atomic E-state index is -1.03. The fraction of sp³-hybridized carbons (Fsp3) is 0.333. The molecule has 0 fully saturated rings. The highest BCUT2D eigenvalue weighted by Gasteiger charge is 2.15. The number of carboxylic acids is 1. The van der Waals surface area contributed by atoms with Gasteiger partial charge in [0.15, 0.2) is 0 Å². The summed E-state index contributed by atoms with van der Waals surface area (Å²) in [6.07, 6.45) is 0.235. The Balaban J connectivity index is 2.64. The first kappa shape index (κ1) is 9.44. The monoisotopic (exact) mass is 206 g/mol. The molecule has 66 valence electrons. The van der Waals surface area contributed by atoms with Gasteiger partial charge in [0.25, 0.3) is 0 Å². The first-order valence-electron chi connectivity index (χ1n) is 3.17. The fourth-order valence-corrected chi connectivity index (χ4v) is 1.70. The van der Waals surface area contributed by atoms with Gasteiger partial charge >= 0.3 is 5.97 Å². The number of hydrogen-bond donors (Lipinski definition) is 2. The van der Waals surface area contributed by atoms with E-state index in [1.54, 1.807) is 5.51 Å². The van der Waals surface area contributed by atoms with E-state index in [0.717, 1.165) is 0 Å². The number of nitrogens with two attached hydrogens (primary N) is 1. The van der Waals surface area contributed by atoms with Gasteiger partial charge in [-0.25, -0.2) is 4.98 Å². The highest BCUT2D eigenvalue weighted by atomic mass is 35.5. The van der Waals surface area contributed by atoms with E-state index in [2.05, 4.69) is 4.98 Å². The predicted molar refractivity (Wildman–Crippen MR) is 46.4 cm³/mol. The molecule has 0 aliphatic carbocycles. The molecule has 1 atom stereocenters. The van der Waals surface area contributed by atoms with E-state index in [9.17, 15) is 4.79 Å². The van der Waals surface area contributed by atoms with Gasteiger partial charge in [0, 0.05) is 11.3 Å². The number of aromatic nitrogens is 1. The SMILES string of the molecule is N[C@H](Cc1scnc1Cl)C(=O)O. The summed E-state index contributed by atoms with van der Waals surface area (Å²) in [5, 5.41) is 8.83. The van der Waals surface area contributed by atoms with Gasteiger partial charge in [0.05, 0.1) is 5.51 Å². The van der Waals surface area contributed by atoms with Crippen molar-refractivity contribution in [1.29, 1.82) is 0 Å². The van der Waals surface area contributed by atoms with Gasteiger partial charge in [-0.2, -0.15) is 0 Å². The summed E-state index contributed by atoms with van der Waals surface area (Å²) >= 11 is 6.95. The van der Waals surface area contributed by atoms with Crippen LogP contribution in [-0.4, -0.2) is 22.1 Å². The van der Waals surface area contributed by atoms with Crippen LogP contribution in [0.2, 0.25) is 5.15 Å². The summed E-state index contributed by atoms with van der Waals surface area (Å²) in [5.41, 5.74) is 6.86. The predicted octanol–water partition coefficient (Wildman–Crippen LogP) is 0.751. The lowest BCUT2D eigenvalue weighted by Crippen LogP contribution is -2.31. The minimum Gasteiger partial charge on any atom is -0.480 e. The molecule has 0 radical (unpaired) electrons. The second-order valence-electron chi connectivity index (χ2n) is 2.22. The second kappa shape index (κ2) is 3.84. The van der Waals surface area contributed by atoms with E-state index >= 15 is 0 Å². The normalized spacial score (nSPS) is 12.8. The molecule has 1 aromatic rings. The summed E-state index contributed by atoms with van der Waals surface area (Å²) in [6.45, 7) is 0. The number of carboxylic acid groups (broad SMARTS) is 1. The summed E-state index contributed by atoms with van der Waals surface area (Å²) in [5.74, 6) is -1.03. The van der Waals surface area contributed by atoms with Gasteiger partial charge in [0.1, 0.15) is 11.2 Å². The lowest BCUT2D eigenvalue weighted by atomic mass is 10.2. The summed E-state index contributed by atoms with van der Waals surface area (Å²) in [4.78, 5) is 14.8. The third-order valence-corrected chi connectivity index (χ3v) is 2.61. The van der Waals surface area contributed by atoms with Gasteiger partial charge in [-0.1, -0.05) is 11.6 Å². The maximum atomic E-state index is 10.4. The first-order valence-corrected chi connectivity index (χ1v) is 4.43. The van der Waals surface area contributed by atoms with E-state index in [-0.39, 0.29) is 6.42 Å². The molecule has 0 bridgehead atoms. The summed E-state index contributed by atoms with van der Waals surface area (Å²) in [6, 6.07) is -0.900. The average Bonchev–Trinajstić information content (AvgIpc) is 2.36. The molecule has 1 rings (SSSR count). The zero-order valence-corrected chi connectivity index (χ0v) is 7.60. The molecular weight excluding hydrogens is 200 g/mol. The highest BCUT2D eigenvalue weighted by molar-refractivity contribution is 7.10. The number of halogens is 1. The molecule has 0 saturated carbocycles. The van der Waals surface area contributed by atoms with E-state index in [4.69, 9.17) is 22.4 Å². The number of hydrogen-bond acceptors (Lipinski definition) is 4. The Labute approximate surface area is 78.0 Å². The topological polar surface area (TPSA) is 76.2 Å². The van der Waals surface area contributed by atoms with Gasteiger partial charge in [-0.3, -0.25) is 4.79 Å². The fourth-order valence-electron chi connectivity index (χ4n) is 0.676. The molecule has 3 N–H and O–H groups in total. The molecule has 6 heteroatoms. The Morgan fingerprint density at radius 2 is 2.58 bits per heavy atom. The van der Waals surface area contributed by atoms with Crippen LogP contribution in [0.1, 0.15) is 4.88 Å². The molecule has 0 aromatic carbocycles. The van der Waals surface area contributed by atoms with Crippen LogP contribution in [-0.2, 0) is 11.2 Å². The zero-order chi connectivity index (χ0) is 9.14. The molecule has 0 aliphatic rings. The Morgan fingerprint density at radius 1 is 1.92 bits per heavy atom. The van der Waals surface area contributed by atoms with Crippen molar-refractivity contribution in [1.82, 2.24) is 4.98 Å². The average molecular weight is 207 g/mol. The van der Waals surface area contributed by atoms with Crippen LogP contribution in [0.4, 0.5) is 0 Å². The Kier molecular flexibility index (Phi) is 3.02. The van der Waals surface area contributed by atoms with E-state index in [1.807, 2.05) is 0 Å².